The van der Waals surface area contributed by atoms with Crippen molar-refractivity contribution >= 4 is 0 Å². The third-order valence-corrected chi connectivity index (χ3v) is 1.92. The van der Waals surface area contributed by atoms with Crippen molar-refractivity contribution in [2.45, 2.75) is 26.5 Å². The first-order valence-corrected chi connectivity index (χ1v) is 3.84. The van der Waals surface area contributed by atoms with Gasteiger partial charge in [-0.15, -0.1) is 10.2 Å². The van der Waals surface area contributed by atoms with Crippen molar-refractivity contribution < 1.29 is 4.74 Å². The Kier molecular flexibility index (Phi) is 1.62. The Hall–Kier alpha value is -0.900. The zero-order valence-corrected chi connectivity index (χ0v) is 6.58. The molecule has 0 aromatic carbocycles. The van der Waals surface area contributed by atoms with Gasteiger partial charge in [-0.3, -0.25) is 4.57 Å². The zero-order valence-electron chi connectivity index (χ0n) is 6.58. The summed E-state index contributed by atoms with van der Waals surface area (Å²) in [6.45, 7) is 3.40. The van der Waals surface area contributed by atoms with E-state index in [0.717, 1.165) is 31.1 Å². The Labute approximate surface area is 65.2 Å². The Bertz CT molecular complexity index is 256. The highest BCUT2D eigenvalue weighted by atomic mass is 16.5. The third-order valence-electron chi connectivity index (χ3n) is 1.92. The van der Waals surface area contributed by atoms with Gasteiger partial charge in [-0.2, -0.15) is 0 Å². The monoisotopic (exact) mass is 153 g/mol. The van der Waals surface area contributed by atoms with Crippen molar-refractivity contribution in [1.29, 1.82) is 0 Å². The molecule has 0 radical (unpaired) electrons. The van der Waals surface area contributed by atoms with Gasteiger partial charge in [0.25, 0.3) is 0 Å². The van der Waals surface area contributed by atoms with Crippen molar-refractivity contribution in [3.05, 3.63) is 11.6 Å². The molecule has 0 saturated carbocycles. The molecule has 0 bridgehead atoms. The van der Waals surface area contributed by atoms with Gasteiger partial charge in [0.05, 0.1) is 0 Å². The lowest BCUT2D eigenvalue weighted by Crippen LogP contribution is -2.04. The van der Waals surface area contributed by atoms with Crippen LogP contribution in [0.25, 0.3) is 0 Å². The molecule has 60 valence electrons. The first-order valence-electron chi connectivity index (χ1n) is 3.84. The summed E-state index contributed by atoms with van der Waals surface area (Å²) in [5.41, 5.74) is 0. The van der Waals surface area contributed by atoms with Crippen LogP contribution in [0.3, 0.4) is 0 Å². The van der Waals surface area contributed by atoms with Crippen LogP contribution < -0.4 is 0 Å². The van der Waals surface area contributed by atoms with Crippen LogP contribution >= 0.6 is 0 Å². The highest BCUT2D eigenvalue weighted by molar-refractivity contribution is 4.94. The molecule has 2 rings (SSSR count). The maximum atomic E-state index is 5.34. The quantitative estimate of drug-likeness (QED) is 0.545. The number of nitrogens with zero attached hydrogens (tertiary/aromatic N) is 3. The van der Waals surface area contributed by atoms with Gasteiger partial charge >= 0.3 is 0 Å². The lowest BCUT2D eigenvalue weighted by molar-refractivity contribution is 0.0830. The lowest BCUT2D eigenvalue weighted by atomic mass is 10.3. The minimum Gasteiger partial charge on any atom is -0.361 e. The third kappa shape index (κ3) is 1.14. The van der Waals surface area contributed by atoms with E-state index in [0.29, 0.717) is 6.73 Å². The average Bonchev–Trinajstić information content (AvgIpc) is 2.25. The predicted molar refractivity (Wildman–Crippen MR) is 39.0 cm³/mol. The SMILES string of the molecule is Cc1nnc2n1COCCC2. The molecule has 1 aliphatic heterocycles. The van der Waals surface area contributed by atoms with Crippen molar-refractivity contribution in [3.8, 4) is 0 Å². The van der Waals surface area contributed by atoms with Gasteiger partial charge in [-0.05, 0) is 13.3 Å². The van der Waals surface area contributed by atoms with Gasteiger partial charge < -0.3 is 4.74 Å². The standard InChI is InChI=1S/C7H11N3O/c1-6-8-9-7-3-2-4-11-5-10(6)7/h2-5H2,1H3. The van der Waals surface area contributed by atoms with Crippen molar-refractivity contribution in [2.24, 2.45) is 0 Å². The second-order valence-corrected chi connectivity index (χ2v) is 2.73. The Balaban J connectivity index is 2.35. The molecule has 1 aliphatic rings. The van der Waals surface area contributed by atoms with E-state index < -0.39 is 0 Å². The summed E-state index contributed by atoms with van der Waals surface area (Å²) in [6, 6.07) is 0. The maximum Gasteiger partial charge on any atom is 0.134 e. The summed E-state index contributed by atoms with van der Waals surface area (Å²) in [7, 11) is 0. The van der Waals surface area contributed by atoms with E-state index in [1.54, 1.807) is 0 Å². The zero-order chi connectivity index (χ0) is 7.68. The molecule has 0 atom stereocenters. The van der Waals surface area contributed by atoms with Gasteiger partial charge in [0.2, 0.25) is 0 Å². The molecule has 4 heteroatoms. The van der Waals surface area contributed by atoms with Crippen LogP contribution in [0.5, 0.6) is 0 Å². The second kappa shape index (κ2) is 2.62. The number of rotatable bonds is 0. The van der Waals surface area contributed by atoms with Crippen LogP contribution in [0.1, 0.15) is 18.1 Å². The van der Waals surface area contributed by atoms with E-state index in [1.807, 2.05) is 11.5 Å². The van der Waals surface area contributed by atoms with Crippen LogP contribution in [-0.2, 0) is 17.9 Å². The van der Waals surface area contributed by atoms with Crippen LogP contribution in [0.15, 0.2) is 0 Å². The normalized spacial score (nSPS) is 17.5. The molecule has 1 aromatic rings. The van der Waals surface area contributed by atoms with Crippen LogP contribution in [-0.4, -0.2) is 21.4 Å². The molecule has 4 nitrogen and oxygen atoms in total. The fourth-order valence-corrected chi connectivity index (χ4v) is 1.27. The van der Waals surface area contributed by atoms with E-state index in [2.05, 4.69) is 10.2 Å². The predicted octanol–water partition coefficient (Wildman–Crippen LogP) is 0.507. The second-order valence-electron chi connectivity index (χ2n) is 2.73. The molecule has 0 amide bonds. The highest BCUT2D eigenvalue weighted by Gasteiger charge is 2.10. The van der Waals surface area contributed by atoms with E-state index in [-0.39, 0.29) is 0 Å². The smallest absolute Gasteiger partial charge is 0.134 e. The molecule has 0 fully saturated rings. The van der Waals surface area contributed by atoms with E-state index in [9.17, 15) is 0 Å². The van der Waals surface area contributed by atoms with E-state index >= 15 is 0 Å². The summed E-state index contributed by atoms with van der Waals surface area (Å²) < 4.78 is 7.36. The van der Waals surface area contributed by atoms with Gasteiger partial charge in [0.15, 0.2) is 0 Å². The molecular formula is C7H11N3O. The molecule has 2 heterocycles. The van der Waals surface area contributed by atoms with Gasteiger partial charge in [0, 0.05) is 13.0 Å². The van der Waals surface area contributed by atoms with Crippen molar-refractivity contribution in [3.63, 3.8) is 0 Å². The van der Waals surface area contributed by atoms with Crippen molar-refractivity contribution in [2.75, 3.05) is 6.61 Å². The number of aromatic nitrogens is 3. The largest absolute Gasteiger partial charge is 0.361 e. The molecule has 0 aliphatic carbocycles. The molecule has 1 aromatic heterocycles. The maximum absolute atomic E-state index is 5.34. The first kappa shape index (κ1) is 6.79. The van der Waals surface area contributed by atoms with Gasteiger partial charge in [-0.1, -0.05) is 0 Å². The molecule has 0 spiro atoms. The summed E-state index contributed by atoms with van der Waals surface area (Å²) in [5, 5.41) is 8.02. The molecule has 0 saturated heterocycles. The summed E-state index contributed by atoms with van der Waals surface area (Å²) in [6.07, 6.45) is 2.04. The fraction of sp³-hybridized carbons (Fsp3) is 0.714. The Morgan fingerprint density at radius 3 is 3.27 bits per heavy atom. The summed E-state index contributed by atoms with van der Waals surface area (Å²) >= 11 is 0. The van der Waals surface area contributed by atoms with Gasteiger partial charge in [-0.25, -0.2) is 0 Å². The lowest BCUT2D eigenvalue weighted by Gasteiger charge is -2.02. The van der Waals surface area contributed by atoms with Gasteiger partial charge in [0.1, 0.15) is 18.4 Å². The molecule has 0 N–H and O–H groups in total. The number of hydrogen-bond acceptors (Lipinski definition) is 3. The summed E-state index contributed by atoms with van der Waals surface area (Å²) in [5.74, 6) is 2.00. The van der Waals surface area contributed by atoms with E-state index in [4.69, 9.17) is 4.74 Å². The Morgan fingerprint density at radius 2 is 2.36 bits per heavy atom. The number of aryl methyl sites for hydroxylation is 2. The molecule has 11 heavy (non-hydrogen) atoms. The van der Waals surface area contributed by atoms with Crippen LogP contribution in [0, 0.1) is 6.92 Å². The number of ether oxygens (including phenoxy) is 1. The topological polar surface area (TPSA) is 39.9 Å². The van der Waals surface area contributed by atoms with E-state index in [1.165, 1.54) is 0 Å². The van der Waals surface area contributed by atoms with Crippen molar-refractivity contribution in [1.82, 2.24) is 14.8 Å². The minimum atomic E-state index is 0.619. The first-order chi connectivity index (χ1) is 5.38. The number of fused-ring (bicyclic) bond motifs is 1. The minimum absolute atomic E-state index is 0.619. The number of hydrogen-bond donors (Lipinski definition) is 0. The van der Waals surface area contributed by atoms with Crippen LogP contribution in [0.4, 0.5) is 0 Å². The van der Waals surface area contributed by atoms with Crippen LogP contribution in [0.2, 0.25) is 0 Å². The highest BCUT2D eigenvalue weighted by Crippen LogP contribution is 2.08. The summed E-state index contributed by atoms with van der Waals surface area (Å²) in [4.78, 5) is 0. The average molecular weight is 153 g/mol. The molecular weight excluding hydrogens is 142 g/mol. The Morgan fingerprint density at radius 1 is 1.45 bits per heavy atom. The molecule has 0 unspecified atom stereocenters. The fourth-order valence-electron chi connectivity index (χ4n) is 1.27.